The Bertz CT molecular complexity index is 581. The SMILES string of the molecule is COc1ccc(N)cc1OC(=O)CC(C)CNC(=O)OC(C)(C)C. The summed E-state index contributed by atoms with van der Waals surface area (Å²) in [7, 11) is 1.48. The van der Waals surface area contributed by atoms with Crippen LogP contribution in [0.1, 0.15) is 34.1 Å². The van der Waals surface area contributed by atoms with Crippen molar-refractivity contribution in [2.45, 2.75) is 39.7 Å². The lowest BCUT2D eigenvalue weighted by Crippen LogP contribution is -2.35. The van der Waals surface area contributed by atoms with Gasteiger partial charge in [0.05, 0.1) is 13.5 Å². The molecular weight excluding hydrogens is 312 g/mol. The van der Waals surface area contributed by atoms with Crippen molar-refractivity contribution in [1.82, 2.24) is 5.32 Å². The van der Waals surface area contributed by atoms with Crippen LogP contribution in [0.25, 0.3) is 0 Å². The van der Waals surface area contributed by atoms with Crippen molar-refractivity contribution in [2.24, 2.45) is 5.92 Å². The number of benzene rings is 1. The maximum Gasteiger partial charge on any atom is 0.407 e. The second-order valence-electron chi connectivity index (χ2n) is 6.58. The number of hydrogen-bond donors (Lipinski definition) is 2. The minimum atomic E-state index is -0.559. The minimum absolute atomic E-state index is 0.114. The Balaban J connectivity index is 2.47. The molecule has 0 aromatic heterocycles. The Morgan fingerprint density at radius 1 is 1.25 bits per heavy atom. The van der Waals surface area contributed by atoms with E-state index >= 15 is 0 Å². The van der Waals surface area contributed by atoms with Gasteiger partial charge in [0.1, 0.15) is 5.60 Å². The first-order valence-corrected chi connectivity index (χ1v) is 7.71. The molecule has 1 aromatic carbocycles. The zero-order chi connectivity index (χ0) is 18.3. The van der Waals surface area contributed by atoms with Gasteiger partial charge in [-0.05, 0) is 38.8 Å². The van der Waals surface area contributed by atoms with Gasteiger partial charge in [-0.3, -0.25) is 4.79 Å². The molecule has 0 radical (unpaired) electrons. The standard InChI is InChI=1S/C17H26N2O5/c1-11(10-19-16(21)24-17(2,3)4)8-15(20)23-14-9-12(18)6-7-13(14)22-5/h6-7,9,11H,8,10,18H2,1-5H3,(H,19,21). The summed E-state index contributed by atoms with van der Waals surface area (Å²) < 4.78 is 15.5. The molecule has 0 saturated heterocycles. The van der Waals surface area contributed by atoms with E-state index in [2.05, 4.69) is 5.32 Å². The van der Waals surface area contributed by atoms with E-state index in [-0.39, 0.29) is 18.1 Å². The van der Waals surface area contributed by atoms with Gasteiger partial charge in [0.15, 0.2) is 11.5 Å². The Morgan fingerprint density at radius 2 is 1.92 bits per heavy atom. The van der Waals surface area contributed by atoms with Gasteiger partial charge in [-0.1, -0.05) is 6.92 Å². The predicted octanol–water partition coefficient (Wildman–Crippen LogP) is 2.73. The van der Waals surface area contributed by atoms with Crippen LogP contribution in [-0.2, 0) is 9.53 Å². The number of methoxy groups -OCH3 is 1. The number of rotatable bonds is 6. The lowest BCUT2D eigenvalue weighted by atomic mass is 10.1. The molecule has 1 unspecified atom stereocenters. The van der Waals surface area contributed by atoms with Gasteiger partial charge >= 0.3 is 12.1 Å². The summed E-state index contributed by atoms with van der Waals surface area (Å²) in [5, 5.41) is 2.63. The topological polar surface area (TPSA) is 99.9 Å². The van der Waals surface area contributed by atoms with Crippen LogP contribution in [0.4, 0.5) is 10.5 Å². The van der Waals surface area contributed by atoms with Crippen molar-refractivity contribution in [3.63, 3.8) is 0 Å². The molecule has 1 aromatic rings. The fraction of sp³-hybridized carbons (Fsp3) is 0.529. The smallest absolute Gasteiger partial charge is 0.407 e. The highest BCUT2D eigenvalue weighted by atomic mass is 16.6. The van der Waals surface area contributed by atoms with Gasteiger partial charge in [0.2, 0.25) is 0 Å². The molecule has 0 aliphatic heterocycles. The third kappa shape index (κ3) is 7.21. The summed E-state index contributed by atoms with van der Waals surface area (Å²) in [6.45, 7) is 7.48. The Hall–Kier alpha value is -2.44. The average Bonchev–Trinajstić information content (AvgIpc) is 2.43. The number of anilines is 1. The zero-order valence-electron chi connectivity index (χ0n) is 14.8. The number of nitrogen functional groups attached to an aromatic ring is 1. The van der Waals surface area contributed by atoms with Gasteiger partial charge in [0, 0.05) is 18.3 Å². The number of alkyl carbamates (subject to hydrolysis) is 1. The molecule has 0 aliphatic rings. The van der Waals surface area contributed by atoms with Crippen molar-refractivity contribution in [3.8, 4) is 11.5 Å². The van der Waals surface area contributed by atoms with Gasteiger partial charge in [0.25, 0.3) is 0 Å². The monoisotopic (exact) mass is 338 g/mol. The molecule has 3 N–H and O–H groups in total. The van der Waals surface area contributed by atoms with Crippen LogP contribution in [0.3, 0.4) is 0 Å². The van der Waals surface area contributed by atoms with E-state index in [1.807, 2.05) is 6.92 Å². The number of hydrogen-bond acceptors (Lipinski definition) is 6. The summed E-state index contributed by atoms with van der Waals surface area (Å²) in [5.74, 6) is 0.154. The second kappa shape index (κ2) is 8.42. The fourth-order valence-electron chi connectivity index (χ4n) is 1.87. The molecule has 0 aliphatic carbocycles. The van der Waals surface area contributed by atoms with Gasteiger partial charge in [-0.25, -0.2) is 4.79 Å². The molecule has 0 saturated carbocycles. The minimum Gasteiger partial charge on any atom is -0.493 e. The summed E-state index contributed by atoms with van der Waals surface area (Å²) >= 11 is 0. The van der Waals surface area contributed by atoms with E-state index in [4.69, 9.17) is 19.9 Å². The highest BCUT2D eigenvalue weighted by molar-refractivity contribution is 5.74. The molecule has 0 fully saturated rings. The second-order valence-corrected chi connectivity index (χ2v) is 6.58. The molecule has 7 nitrogen and oxygen atoms in total. The third-order valence-electron chi connectivity index (χ3n) is 2.92. The largest absolute Gasteiger partial charge is 0.493 e. The lowest BCUT2D eigenvalue weighted by molar-refractivity contribution is -0.135. The average molecular weight is 338 g/mol. The number of carbonyl (C=O) groups excluding carboxylic acids is 2. The number of ether oxygens (including phenoxy) is 3. The summed E-state index contributed by atoms with van der Waals surface area (Å²) in [6.07, 6.45) is -0.381. The maximum absolute atomic E-state index is 12.0. The Morgan fingerprint density at radius 3 is 2.50 bits per heavy atom. The predicted molar refractivity (Wildman–Crippen MR) is 91.1 cm³/mol. The van der Waals surface area contributed by atoms with Crippen molar-refractivity contribution in [3.05, 3.63) is 18.2 Å². The van der Waals surface area contributed by atoms with Crippen LogP contribution in [-0.4, -0.2) is 31.3 Å². The van der Waals surface area contributed by atoms with E-state index in [9.17, 15) is 9.59 Å². The number of nitrogens with two attached hydrogens (primary N) is 1. The molecule has 0 heterocycles. The van der Waals surface area contributed by atoms with E-state index < -0.39 is 17.7 Å². The van der Waals surface area contributed by atoms with Crippen LogP contribution in [0.2, 0.25) is 0 Å². The molecule has 24 heavy (non-hydrogen) atoms. The molecule has 1 atom stereocenters. The number of nitrogens with one attached hydrogen (secondary N) is 1. The van der Waals surface area contributed by atoms with Gasteiger partial charge < -0.3 is 25.3 Å². The Labute approximate surface area is 142 Å². The van der Waals surface area contributed by atoms with Crippen LogP contribution >= 0.6 is 0 Å². The summed E-state index contributed by atoms with van der Waals surface area (Å²) in [6, 6.07) is 4.81. The summed E-state index contributed by atoms with van der Waals surface area (Å²) in [4.78, 5) is 23.6. The molecular formula is C17H26N2O5. The van der Waals surface area contributed by atoms with Gasteiger partial charge in [-0.2, -0.15) is 0 Å². The maximum atomic E-state index is 12.0. The highest BCUT2D eigenvalue weighted by Crippen LogP contribution is 2.29. The molecule has 134 valence electrons. The highest BCUT2D eigenvalue weighted by Gasteiger charge is 2.18. The molecule has 0 bridgehead atoms. The first-order valence-electron chi connectivity index (χ1n) is 7.71. The van der Waals surface area contributed by atoms with Crippen LogP contribution in [0, 0.1) is 5.92 Å². The number of carbonyl (C=O) groups is 2. The van der Waals surface area contributed by atoms with Crippen molar-refractivity contribution in [2.75, 3.05) is 19.4 Å². The molecule has 1 rings (SSSR count). The van der Waals surface area contributed by atoms with E-state index in [1.54, 1.807) is 32.9 Å². The zero-order valence-corrected chi connectivity index (χ0v) is 14.8. The quantitative estimate of drug-likeness (QED) is 0.470. The normalized spacial score (nSPS) is 12.2. The van der Waals surface area contributed by atoms with Crippen LogP contribution in [0.5, 0.6) is 11.5 Å². The van der Waals surface area contributed by atoms with Crippen LogP contribution in [0.15, 0.2) is 18.2 Å². The van der Waals surface area contributed by atoms with Crippen molar-refractivity contribution in [1.29, 1.82) is 0 Å². The number of amides is 1. The first kappa shape index (κ1) is 19.6. The Kier molecular flexibility index (Phi) is 6.88. The van der Waals surface area contributed by atoms with E-state index in [1.165, 1.54) is 13.2 Å². The lowest BCUT2D eigenvalue weighted by Gasteiger charge is -2.20. The van der Waals surface area contributed by atoms with Crippen molar-refractivity contribution >= 4 is 17.7 Å². The fourth-order valence-corrected chi connectivity index (χ4v) is 1.87. The third-order valence-corrected chi connectivity index (χ3v) is 2.92. The van der Waals surface area contributed by atoms with Crippen molar-refractivity contribution < 1.29 is 23.8 Å². The first-order chi connectivity index (χ1) is 11.1. The van der Waals surface area contributed by atoms with Crippen LogP contribution < -0.4 is 20.5 Å². The van der Waals surface area contributed by atoms with Gasteiger partial charge in [-0.15, -0.1) is 0 Å². The molecule has 1 amide bonds. The van der Waals surface area contributed by atoms with E-state index in [0.717, 1.165) is 0 Å². The van der Waals surface area contributed by atoms with E-state index in [0.29, 0.717) is 18.0 Å². The molecule has 7 heteroatoms. The number of esters is 1. The molecule has 0 spiro atoms. The summed E-state index contributed by atoms with van der Waals surface area (Å²) in [5.41, 5.74) is 5.59.